The quantitative estimate of drug-likeness (QED) is 0.244. The second kappa shape index (κ2) is 20.3. The van der Waals surface area contributed by atoms with E-state index in [4.69, 9.17) is 9.26 Å². The zero-order valence-electron chi connectivity index (χ0n) is 19.8. The highest BCUT2D eigenvalue weighted by molar-refractivity contribution is 7.43. The second-order valence-electron chi connectivity index (χ2n) is 7.17. The maximum absolute atomic E-state index is 11.7. The van der Waals surface area contributed by atoms with Crippen molar-refractivity contribution in [3.8, 4) is 0 Å². The number of hydrogen-bond donors (Lipinski definition) is 3. The van der Waals surface area contributed by atoms with Crippen LogP contribution in [0.25, 0.3) is 0 Å². The highest BCUT2D eigenvalue weighted by Gasteiger charge is 2.16. The molecule has 0 bridgehead atoms. The largest absolute Gasteiger partial charge is 0.467 e. The van der Waals surface area contributed by atoms with Crippen LogP contribution in [0.15, 0.2) is 21.9 Å². The van der Waals surface area contributed by atoms with Gasteiger partial charge in [-0.3, -0.25) is 19.1 Å². The normalized spacial score (nSPS) is 13.2. The van der Waals surface area contributed by atoms with Crippen LogP contribution in [-0.4, -0.2) is 46.8 Å². The number of ether oxygens (including phenoxy) is 2. The summed E-state index contributed by atoms with van der Waals surface area (Å²) in [6.45, 7) is 15.1. The standard InChI is InChI=1S/C13H22N3O7P.C4H10.C3H8/c1-3-11(8-22-24(20)14-5-7-21-9-17)23-10(2)16-6-4-12(18)15-13(16)19;1-4(2)3;1-3-2/h4,6,9-11,14,20H,3,5,7-8H2,1-2H3,(H,15,18,19);4H,1-3H3;3H2,1-2H3. The van der Waals surface area contributed by atoms with E-state index in [1.54, 1.807) is 6.92 Å². The lowest BCUT2D eigenvalue weighted by Gasteiger charge is -2.23. The first kappa shape index (κ1) is 31.6. The van der Waals surface area contributed by atoms with Crippen LogP contribution in [0.4, 0.5) is 0 Å². The first-order chi connectivity index (χ1) is 14.6. The van der Waals surface area contributed by atoms with Crippen molar-refractivity contribution < 1.29 is 23.7 Å². The van der Waals surface area contributed by atoms with Crippen molar-refractivity contribution in [2.45, 2.75) is 73.6 Å². The van der Waals surface area contributed by atoms with Crippen molar-refractivity contribution in [1.82, 2.24) is 14.6 Å². The molecule has 1 rings (SSSR count). The monoisotopic (exact) mass is 465 g/mol. The van der Waals surface area contributed by atoms with Crippen molar-refractivity contribution in [3.05, 3.63) is 33.1 Å². The van der Waals surface area contributed by atoms with Crippen LogP contribution < -0.4 is 16.3 Å². The van der Waals surface area contributed by atoms with E-state index < -0.39 is 26.0 Å². The molecule has 31 heavy (non-hydrogen) atoms. The Morgan fingerprint density at radius 3 is 2.29 bits per heavy atom. The summed E-state index contributed by atoms with van der Waals surface area (Å²) in [5.41, 5.74) is -1.04. The lowest BCUT2D eigenvalue weighted by atomic mass is 10.3. The highest BCUT2D eigenvalue weighted by Crippen LogP contribution is 2.26. The van der Waals surface area contributed by atoms with Gasteiger partial charge in [-0.15, -0.1) is 0 Å². The van der Waals surface area contributed by atoms with E-state index in [-0.39, 0.29) is 25.9 Å². The van der Waals surface area contributed by atoms with Crippen LogP contribution in [0, 0.1) is 5.92 Å². The molecule has 0 spiro atoms. The van der Waals surface area contributed by atoms with Gasteiger partial charge >= 0.3 is 5.69 Å². The molecule has 3 atom stereocenters. The number of H-pyrrole nitrogens is 1. The third-order valence-corrected chi connectivity index (χ3v) is 3.89. The Balaban J connectivity index is 0. The van der Waals surface area contributed by atoms with Crippen LogP contribution in [-0.2, 0) is 18.8 Å². The number of carbonyl (C=O) groups excluding carboxylic acids is 1. The van der Waals surface area contributed by atoms with Gasteiger partial charge in [0, 0.05) is 18.8 Å². The molecule has 0 aliphatic rings. The third kappa shape index (κ3) is 18.9. The van der Waals surface area contributed by atoms with Crippen molar-refractivity contribution >= 4 is 15.0 Å². The molecule has 3 N–H and O–H groups in total. The molecular weight excluding hydrogens is 425 g/mol. The highest BCUT2D eigenvalue weighted by atomic mass is 31.2. The Kier molecular flexibility index (Phi) is 20.7. The zero-order chi connectivity index (χ0) is 24.2. The number of nitrogens with one attached hydrogen (secondary N) is 2. The van der Waals surface area contributed by atoms with Crippen LogP contribution in [0.3, 0.4) is 0 Å². The van der Waals surface area contributed by atoms with E-state index in [1.165, 1.54) is 23.3 Å². The summed E-state index contributed by atoms with van der Waals surface area (Å²) in [7, 11) is -1.87. The van der Waals surface area contributed by atoms with E-state index in [9.17, 15) is 19.3 Å². The molecule has 0 aliphatic heterocycles. The summed E-state index contributed by atoms with van der Waals surface area (Å²) in [5.74, 6) is 0.833. The van der Waals surface area contributed by atoms with Gasteiger partial charge in [0.1, 0.15) is 12.8 Å². The number of aromatic amines is 1. The van der Waals surface area contributed by atoms with E-state index in [0.29, 0.717) is 12.9 Å². The average molecular weight is 466 g/mol. The molecule has 10 nitrogen and oxygen atoms in total. The maximum atomic E-state index is 11.7. The third-order valence-electron chi connectivity index (χ3n) is 3.01. The predicted molar refractivity (Wildman–Crippen MR) is 123 cm³/mol. The summed E-state index contributed by atoms with van der Waals surface area (Å²) in [6.07, 6.45) is 2.23. The molecule has 1 aromatic heterocycles. The Labute approximate surface area is 186 Å². The molecule has 0 amide bonds. The molecule has 0 fully saturated rings. The van der Waals surface area contributed by atoms with Gasteiger partial charge in [0.15, 0.2) is 0 Å². The molecule has 1 heterocycles. The Hall–Kier alpha value is -1.58. The first-order valence-electron chi connectivity index (χ1n) is 10.5. The number of aromatic nitrogens is 2. The van der Waals surface area contributed by atoms with Gasteiger partial charge in [0.2, 0.25) is 0 Å². The van der Waals surface area contributed by atoms with Crippen LogP contribution in [0.2, 0.25) is 0 Å². The Morgan fingerprint density at radius 1 is 1.23 bits per heavy atom. The van der Waals surface area contributed by atoms with Crippen molar-refractivity contribution in [1.29, 1.82) is 0 Å². The molecule has 0 radical (unpaired) electrons. The summed E-state index contributed by atoms with van der Waals surface area (Å²) in [6, 6.07) is 1.23. The van der Waals surface area contributed by atoms with Crippen LogP contribution in [0.1, 0.15) is 67.5 Å². The van der Waals surface area contributed by atoms with Gasteiger partial charge in [0.05, 0.1) is 12.7 Å². The fraction of sp³-hybridized carbons (Fsp3) is 0.750. The minimum Gasteiger partial charge on any atom is -0.467 e. The smallest absolute Gasteiger partial charge is 0.330 e. The molecule has 182 valence electrons. The second-order valence-corrected chi connectivity index (χ2v) is 8.29. The minimum atomic E-state index is -1.87. The van der Waals surface area contributed by atoms with Crippen molar-refractivity contribution in [3.63, 3.8) is 0 Å². The van der Waals surface area contributed by atoms with E-state index >= 15 is 0 Å². The summed E-state index contributed by atoms with van der Waals surface area (Å²) < 4.78 is 16.7. The van der Waals surface area contributed by atoms with E-state index in [0.717, 1.165) is 5.92 Å². The first-order valence-corrected chi connectivity index (χ1v) is 11.7. The lowest BCUT2D eigenvalue weighted by Crippen LogP contribution is -2.33. The fourth-order valence-corrected chi connectivity index (χ4v) is 2.44. The van der Waals surface area contributed by atoms with Gasteiger partial charge in [-0.2, -0.15) is 0 Å². The van der Waals surface area contributed by atoms with Gasteiger partial charge < -0.3 is 18.9 Å². The van der Waals surface area contributed by atoms with Crippen molar-refractivity contribution in [2.24, 2.45) is 5.92 Å². The molecule has 3 unspecified atom stereocenters. The fourth-order valence-electron chi connectivity index (χ4n) is 1.76. The summed E-state index contributed by atoms with van der Waals surface area (Å²) in [4.78, 5) is 44.5. The Bertz CT molecular complexity index is 664. The van der Waals surface area contributed by atoms with Crippen LogP contribution in [0.5, 0.6) is 0 Å². The van der Waals surface area contributed by atoms with Gasteiger partial charge in [-0.05, 0) is 19.3 Å². The molecule has 11 heteroatoms. The minimum absolute atomic E-state index is 0.114. The zero-order valence-corrected chi connectivity index (χ0v) is 20.7. The Morgan fingerprint density at radius 2 is 1.81 bits per heavy atom. The number of carbonyl (C=O) groups is 1. The van der Waals surface area contributed by atoms with Crippen molar-refractivity contribution in [2.75, 3.05) is 19.8 Å². The molecular formula is C20H40N3O7P. The number of hydrogen-bond acceptors (Lipinski definition) is 8. The SMILES string of the molecule is CC(C)C.CCC.CCC(COP(O)NCCOC=O)OC(C)n1ccc(=O)[nH]c1=O. The van der Waals surface area contributed by atoms with Gasteiger partial charge in [0.25, 0.3) is 20.6 Å². The van der Waals surface area contributed by atoms with E-state index in [1.807, 2.05) is 6.92 Å². The molecule has 0 aliphatic carbocycles. The summed E-state index contributed by atoms with van der Waals surface area (Å²) in [5, 5.41) is 2.66. The maximum Gasteiger partial charge on any atom is 0.330 e. The lowest BCUT2D eigenvalue weighted by molar-refractivity contribution is -0.128. The predicted octanol–water partition coefficient (Wildman–Crippen LogP) is 2.93. The van der Waals surface area contributed by atoms with Crippen LogP contribution >= 0.6 is 8.53 Å². The molecule has 0 saturated heterocycles. The average Bonchev–Trinajstić information content (AvgIpc) is 2.68. The molecule has 0 saturated carbocycles. The van der Waals surface area contributed by atoms with Gasteiger partial charge in [-0.25, -0.2) is 9.88 Å². The summed E-state index contributed by atoms with van der Waals surface area (Å²) >= 11 is 0. The topological polar surface area (TPSA) is 132 Å². The number of nitrogens with zero attached hydrogens (tertiary/aromatic N) is 1. The molecule has 0 aromatic carbocycles. The van der Waals surface area contributed by atoms with Gasteiger partial charge in [-0.1, -0.05) is 48.0 Å². The molecule has 1 aromatic rings. The van der Waals surface area contributed by atoms with E-state index in [2.05, 4.69) is 49.4 Å². The number of rotatable bonds is 12.